The number of ether oxygens (including phenoxy) is 1. The fourth-order valence-corrected chi connectivity index (χ4v) is 2.99. The van der Waals surface area contributed by atoms with Gasteiger partial charge in [0.2, 0.25) is 5.91 Å². The Bertz CT molecular complexity index is 974. The molecule has 0 aliphatic heterocycles. The van der Waals surface area contributed by atoms with Gasteiger partial charge in [-0.15, -0.1) is 0 Å². The number of methoxy groups -OCH3 is 1. The lowest BCUT2D eigenvalue weighted by Crippen LogP contribution is -2.15. The second-order valence-corrected chi connectivity index (χ2v) is 6.47. The maximum atomic E-state index is 12.5. The van der Waals surface area contributed by atoms with E-state index in [0.717, 1.165) is 28.3 Å². The molecule has 0 fully saturated rings. The Balaban J connectivity index is 1.83. The first-order valence-corrected chi connectivity index (χ1v) is 8.69. The van der Waals surface area contributed by atoms with Crippen molar-refractivity contribution >= 4 is 11.6 Å². The van der Waals surface area contributed by atoms with Gasteiger partial charge >= 0.3 is 0 Å². The van der Waals surface area contributed by atoms with Crippen LogP contribution in [0.2, 0.25) is 0 Å². The smallest absolute Gasteiger partial charge is 0.251 e. The summed E-state index contributed by atoms with van der Waals surface area (Å²) in [5.74, 6) is 1.10. The van der Waals surface area contributed by atoms with Gasteiger partial charge in [0.15, 0.2) is 0 Å². The van der Waals surface area contributed by atoms with Crippen molar-refractivity contribution in [3.05, 3.63) is 58.7 Å². The van der Waals surface area contributed by atoms with Gasteiger partial charge in [-0.2, -0.15) is 5.10 Å². The monoisotopic (exact) mass is 365 g/mol. The van der Waals surface area contributed by atoms with Crippen molar-refractivity contribution in [1.29, 1.82) is 0 Å². The van der Waals surface area contributed by atoms with Gasteiger partial charge in [-0.05, 0) is 45.9 Å². The lowest BCUT2D eigenvalue weighted by atomic mass is 10.1. The van der Waals surface area contributed by atoms with E-state index in [0.29, 0.717) is 17.4 Å². The van der Waals surface area contributed by atoms with Crippen molar-refractivity contribution < 1.29 is 9.53 Å². The number of carbonyl (C=O) groups excluding carboxylic acids is 1. The standard InChI is InChI=1S/C20H23N5O2/c1-12-9-13(2)22-20(21-12)25-15(4)18(14(3)24-25)11-19(26)23-16-7-6-8-17(10-16)27-5/h6-10H,11H2,1-5H3,(H,23,26). The lowest BCUT2D eigenvalue weighted by molar-refractivity contribution is -0.115. The molecule has 0 atom stereocenters. The van der Waals surface area contributed by atoms with Crippen molar-refractivity contribution in [2.75, 3.05) is 12.4 Å². The van der Waals surface area contributed by atoms with Crippen LogP contribution in [0.5, 0.6) is 5.75 Å². The van der Waals surface area contributed by atoms with Gasteiger partial charge in [-0.3, -0.25) is 4.79 Å². The normalized spacial score (nSPS) is 10.7. The highest BCUT2D eigenvalue weighted by Crippen LogP contribution is 2.20. The van der Waals surface area contributed by atoms with Crippen molar-refractivity contribution in [1.82, 2.24) is 19.7 Å². The van der Waals surface area contributed by atoms with Crippen LogP contribution in [0.4, 0.5) is 5.69 Å². The van der Waals surface area contributed by atoms with Crippen LogP contribution in [-0.4, -0.2) is 32.8 Å². The van der Waals surface area contributed by atoms with E-state index in [4.69, 9.17) is 4.74 Å². The average molecular weight is 365 g/mol. The zero-order valence-electron chi connectivity index (χ0n) is 16.2. The number of aromatic nitrogens is 4. The predicted molar refractivity (Wildman–Crippen MR) is 103 cm³/mol. The first-order valence-electron chi connectivity index (χ1n) is 8.69. The third kappa shape index (κ3) is 4.13. The highest BCUT2D eigenvalue weighted by molar-refractivity contribution is 5.92. The number of carbonyl (C=O) groups is 1. The lowest BCUT2D eigenvalue weighted by Gasteiger charge is -2.08. The Kier molecular flexibility index (Phi) is 5.21. The number of hydrogen-bond acceptors (Lipinski definition) is 5. The Morgan fingerprint density at radius 1 is 1.11 bits per heavy atom. The largest absolute Gasteiger partial charge is 0.497 e. The number of amides is 1. The molecule has 2 heterocycles. The number of hydrogen-bond donors (Lipinski definition) is 1. The van der Waals surface area contributed by atoms with Gasteiger partial charge in [0.05, 0.1) is 19.2 Å². The molecule has 1 amide bonds. The molecule has 3 rings (SSSR count). The highest BCUT2D eigenvalue weighted by Gasteiger charge is 2.18. The zero-order valence-corrected chi connectivity index (χ0v) is 16.2. The molecule has 7 heteroatoms. The molecule has 0 unspecified atom stereocenters. The molecule has 0 spiro atoms. The average Bonchev–Trinajstić information content (AvgIpc) is 2.89. The summed E-state index contributed by atoms with van der Waals surface area (Å²) >= 11 is 0. The first-order chi connectivity index (χ1) is 12.9. The topological polar surface area (TPSA) is 81.9 Å². The molecule has 140 valence electrons. The molecule has 7 nitrogen and oxygen atoms in total. The summed E-state index contributed by atoms with van der Waals surface area (Å²) < 4.78 is 6.88. The molecule has 0 aliphatic rings. The van der Waals surface area contributed by atoms with Crippen molar-refractivity contribution in [2.45, 2.75) is 34.1 Å². The molecule has 1 aromatic carbocycles. The predicted octanol–water partition coefficient (Wildman–Crippen LogP) is 3.09. The molecule has 0 saturated heterocycles. The minimum absolute atomic E-state index is 0.115. The van der Waals surface area contributed by atoms with Crippen LogP contribution >= 0.6 is 0 Å². The van der Waals surface area contributed by atoms with Crippen LogP contribution in [0.25, 0.3) is 5.95 Å². The molecule has 2 aromatic heterocycles. The summed E-state index contributed by atoms with van der Waals surface area (Å²) in [5, 5.41) is 7.44. The Morgan fingerprint density at radius 2 is 1.81 bits per heavy atom. The number of rotatable bonds is 5. The van der Waals surface area contributed by atoms with E-state index in [1.807, 2.05) is 52.0 Å². The number of aryl methyl sites for hydroxylation is 3. The SMILES string of the molecule is COc1cccc(NC(=O)Cc2c(C)nn(-c3nc(C)cc(C)n3)c2C)c1. The Hall–Kier alpha value is -3.22. The fraction of sp³-hybridized carbons (Fsp3) is 0.300. The second-order valence-electron chi connectivity index (χ2n) is 6.47. The molecule has 0 bridgehead atoms. The summed E-state index contributed by atoms with van der Waals surface area (Å²) in [4.78, 5) is 21.4. The maximum absolute atomic E-state index is 12.5. The van der Waals surface area contributed by atoms with E-state index in [9.17, 15) is 4.79 Å². The summed E-state index contributed by atoms with van der Waals surface area (Å²) in [6.07, 6.45) is 0.222. The molecule has 3 aromatic rings. The summed E-state index contributed by atoms with van der Waals surface area (Å²) in [5.41, 5.74) is 4.97. The molecule has 0 saturated carbocycles. The van der Waals surface area contributed by atoms with Crippen molar-refractivity contribution in [3.8, 4) is 11.7 Å². The van der Waals surface area contributed by atoms with E-state index in [1.54, 1.807) is 17.9 Å². The first kappa shape index (κ1) is 18.6. The van der Waals surface area contributed by atoms with Crippen LogP contribution < -0.4 is 10.1 Å². The molecule has 1 N–H and O–H groups in total. The van der Waals surface area contributed by atoms with Crippen molar-refractivity contribution in [3.63, 3.8) is 0 Å². The van der Waals surface area contributed by atoms with E-state index < -0.39 is 0 Å². The second kappa shape index (κ2) is 7.57. The summed E-state index contributed by atoms with van der Waals surface area (Å²) in [6, 6.07) is 9.19. The number of nitrogens with zero attached hydrogens (tertiary/aromatic N) is 4. The molecule has 27 heavy (non-hydrogen) atoms. The van der Waals surface area contributed by atoms with E-state index in [2.05, 4.69) is 20.4 Å². The van der Waals surface area contributed by atoms with E-state index in [1.165, 1.54) is 0 Å². The zero-order chi connectivity index (χ0) is 19.6. The fourth-order valence-electron chi connectivity index (χ4n) is 2.99. The van der Waals surface area contributed by atoms with Gasteiger partial charge in [0.25, 0.3) is 5.95 Å². The van der Waals surface area contributed by atoms with Crippen LogP contribution in [-0.2, 0) is 11.2 Å². The van der Waals surface area contributed by atoms with Crippen LogP contribution in [0, 0.1) is 27.7 Å². The van der Waals surface area contributed by atoms with E-state index >= 15 is 0 Å². The van der Waals surface area contributed by atoms with Gasteiger partial charge in [0.1, 0.15) is 5.75 Å². The van der Waals surface area contributed by atoms with Crippen LogP contribution in [0.15, 0.2) is 30.3 Å². The van der Waals surface area contributed by atoms with Crippen LogP contribution in [0.3, 0.4) is 0 Å². The molecule has 0 aliphatic carbocycles. The highest BCUT2D eigenvalue weighted by atomic mass is 16.5. The molecular weight excluding hydrogens is 342 g/mol. The minimum Gasteiger partial charge on any atom is -0.497 e. The van der Waals surface area contributed by atoms with Gasteiger partial charge in [-0.25, -0.2) is 14.6 Å². The van der Waals surface area contributed by atoms with Gasteiger partial charge < -0.3 is 10.1 Å². The maximum Gasteiger partial charge on any atom is 0.251 e. The Labute approximate surface area is 158 Å². The Morgan fingerprint density at radius 3 is 2.48 bits per heavy atom. The van der Waals surface area contributed by atoms with Crippen molar-refractivity contribution in [2.24, 2.45) is 0 Å². The van der Waals surface area contributed by atoms with Crippen LogP contribution in [0.1, 0.15) is 28.3 Å². The quantitative estimate of drug-likeness (QED) is 0.751. The summed E-state index contributed by atoms with van der Waals surface area (Å²) in [7, 11) is 1.59. The van der Waals surface area contributed by atoms with Gasteiger partial charge in [-0.1, -0.05) is 6.07 Å². The minimum atomic E-state index is -0.115. The number of nitrogens with one attached hydrogen (secondary N) is 1. The molecular formula is C20H23N5O2. The molecule has 0 radical (unpaired) electrons. The third-order valence-electron chi connectivity index (χ3n) is 4.29. The number of benzene rings is 1. The van der Waals surface area contributed by atoms with Gasteiger partial charge in [0, 0.05) is 34.4 Å². The number of anilines is 1. The summed E-state index contributed by atoms with van der Waals surface area (Å²) in [6.45, 7) is 7.66. The third-order valence-corrected chi connectivity index (χ3v) is 4.29. The van der Waals surface area contributed by atoms with E-state index in [-0.39, 0.29) is 12.3 Å².